The lowest BCUT2D eigenvalue weighted by molar-refractivity contribution is -0.141. The first-order valence-corrected chi connectivity index (χ1v) is 4.97. The number of halogens is 1. The molecule has 0 aliphatic rings. The molecule has 7 heteroatoms. The number of carbonyl (C=O) groups is 1. The lowest BCUT2D eigenvalue weighted by Gasteiger charge is -2.07. The van der Waals surface area contributed by atoms with Crippen LogP contribution in [0.25, 0.3) is 0 Å². The molecular formula is C10H10ClN3O3. The number of rotatable bonds is 4. The summed E-state index contributed by atoms with van der Waals surface area (Å²) in [6.07, 6.45) is 6.38. The van der Waals surface area contributed by atoms with E-state index in [-0.39, 0.29) is 18.1 Å². The van der Waals surface area contributed by atoms with E-state index in [1.54, 1.807) is 0 Å². The first-order chi connectivity index (χ1) is 8.10. The van der Waals surface area contributed by atoms with Crippen LogP contribution >= 0.6 is 11.6 Å². The maximum absolute atomic E-state index is 11.7. The van der Waals surface area contributed by atoms with Crippen molar-refractivity contribution >= 4 is 23.3 Å². The van der Waals surface area contributed by atoms with Crippen molar-refractivity contribution in [3.63, 3.8) is 0 Å². The summed E-state index contributed by atoms with van der Waals surface area (Å²) in [5, 5.41) is 6.44. The normalized spacial score (nSPS) is 9.47. The van der Waals surface area contributed by atoms with Crippen LogP contribution in [0.1, 0.15) is 0 Å². The third kappa shape index (κ3) is 3.23. The van der Waals surface area contributed by atoms with Gasteiger partial charge in [-0.15, -0.1) is 6.42 Å². The van der Waals surface area contributed by atoms with Gasteiger partial charge in [-0.3, -0.25) is 9.59 Å². The Hall–Kier alpha value is -2.00. The lowest BCUT2D eigenvalue weighted by Crippen LogP contribution is -2.28. The van der Waals surface area contributed by atoms with Gasteiger partial charge in [0.1, 0.15) is 11.6 Å². The summed E-state index contributed by atoms with van der Waals surface area (Å²) < 4.78 is 5.33. The van der Waals surface area contributed by atoms with Crippen molar-refractivity contribution in [3.05, 3.63) is 21.6 Å². The number of terminal acetylenes is 1. The standard InChI is InChI=1S/C10H10ClN3O3/c1-3-4-12-7-5-13-14(6-8(15)17-2)10(16)9(7)11/h1,5,12H,4,6H2,2H3. The molecule has 1 aromatic rings. The molecule has 0 aliphatic carbocycles. The van der Waals surface area contributed by atoms with Crippen molar-refractivity contribution < 1.29 is 9.53 Å². The number of nitrogens with zero attached hydrogens (tertiary/aromatic N) is 2. The summed E-state index contributed by atoms with van der Waals surface area (Å²) in [5.41, 5.74) is -0.255. The van der Waals surface area contributed by atoms with E-state index in [0.29, 0.717) is 5.69 Å². The molecule has 1 aromatic heterocycles. The number of ether oxygens (including phenoxy) is 1. The second kappa shape index (κ2) is 5.92. The van der Waals surface area contributed by atoms with E-state index < -0.39 is 11.5 Å². The number of esters is 1. The topological polar surface area (TPSA) is 73.2 Å². The van der Waals surface area contributed by atoms with Crippen LogP contribution in [-0.4, -0.2) is 29.4 Å². The van der Waals surface area contributed by atoms with Gasteiger partial charge in [0.15, 0.2) is 0 Å². The molecule has 17 heavy (non-hydrogen) atoms. The predicted molar refractivity (Wildman–Crippen MR) is 62.8 cm³/mol. The van der Waals surface area contributed by atoms with Crippen molar-refractivity contribution in [3.8, 4) is 12.3 Å². The van der Waals surface area contributed by atoms with Gasteiger partial charge in [-0.05, 0) is 0 Å². The summed E-state index contributed by atoms with van der Waals surface area (Å²) in [6.45, 7) is -0.0632. The van der Waals surface area contributed by atoms with Crippen LogP contribution < -0.4 is 10.9 Å². The average Bonchev–Trinajstić information content (AvgIpc) is 2.34. The lowest BCUT2D eigenvalue weighted by atomic mass is 10.4. The van der Waals surface area contributed by atoms with Crippen LogP contribution in [0.3, 0.4) is 0 Å². The molecule has 0 aliphatic heterocycles. The van der Waals surface area contributed by atoms with Crippen molar-refractivity contribution in [2.45, 2.75) is 6.54 Å². The largest absolute Gasteiger partial charge is 0.468 e. The fourth-order valence-corrected chi connectivity index (χ4v) is 1.25. The number of nitrogens with one attached hydrogen (secondary N) is 1. The number of hydrogen-bond acceptors (Lipinski definition) is 5. The summed E-state index contributed by atoms with van der Waals surface area (Å²) in [5.74, 6) is 1.76. The second-order valence-corrected chi connectivity index (χ2v) is 3.35. The van der Waals surface area contributed by atoms with Gasteiger partial charge in [0.05, 0.1) is 25.5 Å². The zero-order chi connectivity index (χ0) is 12.8. The van der Waals surface area contributed by atoms with Gasteiger partial charge in [-0.2, -0.15) is 5.10 Å². The number of aromatic nitrogens is 2. The summed E-state index contributed by atoms with van der Waals surface area (Å²) in [7, 11) is 1.22. The Morgan fingerprint density at radius 1 is 1.76 bits per heavy atom. The number of anilines is 1. The average molecular weight is 256 g/mol. The van der Waals surface area contributed by atoms with Gasteiger partial charge < -0.3 is 10.1 Å². The molecule has 0 spiro atoms. The van der Waals surface area contributed by atoms with E-state index in [1.165, 1.54) is 13.3 Å². The van der Waals surface area contributed by atoms with E-state index >= 15 is 0 Å². The molecule has 1 N–H and O–H groups in total. The van der Waals surface area contributed by atoms with Crippen LogP contribution in [-0.2, 0) is 16.1 Å². The maximum atomic E-state index is 11.7. The van der Waals surface area contributed by atoms with Crippen molar-refractivity contribution in [2.75, 3.05) is 19.0 Å². The van der Waals surface area contributed by atoms with Gasteiger partial charge >= 0.3 is 5.97 Å². The summed E-state index contributed by atoms with van der Waals surface area (Å²) in [6, 6.07) is 0. The molecule has 0 radical (unpaired) electrons. The number of methoxy groups -OCH3 is 1. The molecule has 0 amide bonds. The second-order valence-electron chi connectivity index (χ2n) is 2.97. The Kier molecular flexibility index (Phi) is 4.55. The molecule has 0 atom stereocenters. The molecule has 1 rings (SSSR count). The molecular weight excluding hydrogens is 246 g/mol. The fourth-order valence-electron chi connectivity index (χ4n) is 1.03. The van der Waals surface area contributed by atoms with E-state index in [0.717, 1.165) is 4.68 Å². The maximum Gasteiger partial charge on any atom is 0.327 e. The molecule has 0 saturated heterocycles. The summed E-state index contributed by atoms with van der Waals surface area (Å²) >= 11 is 5.80. The third-order valence-electron chi connectivity index (χ3n) is 1.87. The van der Waals surface area contributed by atoms with Gasteiger partial charge in [0, 0.05) is 0 Å². The Balaban J connectivity index is 2.99. The molecule has 0 fully saturated rings. The monoisotopic (exact) mass is 255 g/mol. The van der Waals surface area contributed by atoms with Crippen molar-refractivity contribution in [1.29, 1.82) is 0 Å². The number of hydrogen-bond donors (Lipinski definition) is 1. The quantitative estimate of drug-likeness (QED) is 0.611. The number of carbonyl (C=O) groups excluding carboxylic acids is 1. The Labute approximate surface area is 103 Å². The SMILES string of the molecule is C#CCNc1cnn(CC(=O)OC)c(=O)c1Cl. The van der Waals surface area contributed by atoms with Crippen LogP contribution in [0, 0.1) is 12.3 Å². The van der Waals surface area contributed by atoms with Gasteiger partial charge in [-0.25, -0.2) is 4.68 Å². The Morgan fingerprint density at radius 2 is 2.47 bits per heavy atom. The Bertz CT molecular complexity index is 519. The van der Waals surface area contributed by atoms with E-state index in [1.807, 2.05) is 0 Å². The highest BCUT2D eigenvalue weighted by Crippen LogP contribution is 2.14. The van der Waals surface area contributed by atoms with Crippen LogP contribution in [0.5, 0.6) is 0 Å². The molecule has 0 aromatic carbocycles. The molecule has 90 valence electrons. The van der Waals surface area contributed by atoms with Crippen molar-refractivity contribution in [1.82, 2.24) is 9.78 Å². The molecule has 6 nitrogen and oxygen atoms in total. The highest BCUT2D eigenvalue weighted by atomic mass is 35.5. The molecule has 0 saturated carbocycles. The van der Waals surface area contributed by atoms with Gasteiger partial charge in [0.2, 0.25) is 0 Å². The van der Waals surface area contributed by atoms with Crippen LogP contribution in [0.15, 0.2) is 11.0 Å². The smallest absolute Gasteiger partial charge is 0.327 e. The van der Waals surface area contributed by atoms with E-state index in [2.05, 4.69) is 21.1 Å². The van der Waals surface area contributed by atoms with Gasteiger partial charge in [0.25, 0.3) is 5.56 Å². The van der Waals surface area contributed by atoms with Crippen LogP contribution in [0.4, 0.5) is 5.69 Å². The zero-order valence-electron chi connectivity index (χ0n) is 9.07. The minimum absolute atomic E-state index is 0.0702. The van der Waals surface area contributed by atoms with Crippen LogP contribution in [0.2, 0.25) is 5.02 Å². The zero-order valence-corrected chi connectivity index (χ0v) is 9.82. The highest BCUT2D eigenvalue weighted by Gasteiger charge is 2.11. The molecule has 0 bridgehead atoms. The van der Waals surface area contributed by atoms with E-state index in [9.17, 15) is 9.59 Å². The third-order valence-corrected chi connectivity index (χ3v) is 2.24. The molecule has 0 unspecified atom stereocenters. The minimum atomic E-state index is -0.584. The molecule has 1 heterocycles. The highest BCUT2D eigenvalue weighted by molar-refractivity contribution is 6.32. The van der Waals surface area contributed by atoms with Crippen molar-refractivity contribution in [2.24, 2.45) is 0 Å². The summed E-state index contributed by atoms with van der Waals surface area (Å²) in [4.78, 5) is 22.7. The predicted octanol–water partition coefficient (Wildman–Crippen LogP) is 0.115. The first-order valence-electron chi connectivity index (χ1n) is 4.60. The van der Waals surface area contributed by atoms with E-state index in [4.69, 9.17) is 18.0 Å². The Morgan fingerprint density at radius 3 is 3.06 bits per heavy atom. The van der Waals surface area contributed by atoms with Gasteiger partial charge in [-0.1, -0.05) is 17.5 Å². The fraction of sp³-hybridized carbons (Fsp3) is 0.300. The minimum Gasteiger partial charge on any atom is -0.468 e. The first kappa shape index (κ1) is 13.1.